The standard InChI is InChI=1S/C12H17BrN4O/c1-3-8-5-6-10(18-8)11(16-14)12-9(13)7-15-17(12)4-2/h5-7,11,16H,3-4,14H2,1-2H3. The van der Waals surface area contributed by atoms with E-state index in [1.807, 2.05) is 23.7 Å². The number of nitrogens with one attached hydrogen (secondary N) is 1. The molecule has 0 aliphatic heterocycles. The van der Waals surface area contributed by atoms with Crippen LogP contribution in [-0.4, -0.2) is 9.78 Å². The molecular weight excluding hydrogens is 296 g/mol. The Balaban J connectivity index is 2.41. The van der Waals surface area contributed by atoms with Crippen molar-refractivity contribution in [3.05, 3.63) is 40.0 Å². The Hall–Kier alpha value is -1.11. The summed E-state index contributed by atoms with van der Waals surface area (Å²) in [6.45, 7) is 4.87. The summed E-state index contributed by atoms with van der Waals surface area (Å²) in [5.74, 6) is 7.41. The predicted molar refractivity (Wildman–Crippen MR) is 72.9 cm³/mol. The summed E-state index contributed by atoms with van der Waals surface area (Å²) < 4.78 is 8.57. The molecule has 2 aromatic heterocycles. The lowest BCUT2D eigenvalue weighted by atomic mass is 10.1. The molecule has 6 heteroatoms. The van der Waals surface area contributed by atoms with Crippen molar-refractivity contribution in [1.29, 1.82) is 0 Å². The minimum Gasteiger partial charge on any atom is -0.464 e. The molecule has 2 aromatic rings. The fourth-order valence-corrected chi connectivity index (χ4v) is 2.47. The fraction of sp³-hybridized carbons (Fsp3) is 0.417. The van der Waals surface area contributed by atoms with Crippen molar-refractivity contribution in [2.24, 2.45) is 5.84 Å². The minimum atomic E-state index is -0.206. The zero-order valence-corrected chi connectivity index (χ0v) is 12.1. The number of aryl methyl sites for hydroxylation is 2. The smallest absolute Gasteiger partial charge is 0.128 e. The molecule has 2 rings (SSSR count). The van der Waals surface area contributed by atoms with E-state index in [0.717, 1.165) is 34.7 Å². The van der Waals surface area contributed by atoms with Crippen LogP contribution < -0.4 is 11.3 Å². The van der Waals surface area contributed by atoms with Gasteiger partial charge in [0.25, 0.3) is 0 Å². The van der Waals surface area contributed by atoms with E-state index >= 15 is 0 Å². The van der Waals surface area contributed by atoms with Crippen LogP contribution in [-0.2, 0) is 13.0 Å². The summed E-state index contributed by atoms with van der Waals surface area (Å²) in [5.41, 5.74) is 3.76. The molecule has 1 atom stereocenters. The molecule has 98 valence electrons. The Kier molecular flexibility index (Phi) is 4.21. The van der Waals surface area contributed by atoms with Crippen molar-refractivity contribution >= 4 is 15.9 Å². The molecule has 0 aliphatic carbocycles. The average molecular weight is 313 g/mol. The number of furan rings is 1. The van der Waals surface area contributed by atoms with Crippen LogP contribution in [0.3, 0.4) is 0 Å². The average Bonchev–Trinajstić information content (AvgIpc) is 2.99. The van der Waals surface area contributed by atoms with Crippen LogP contribution in [0.1, 0.15) is 37.1 Å². The molecule has 0 aliphatic rings. The Morgan fingerprint density at radius 3 is 2.83 bits per heavy atom. The molecular formula is C12H17BrN4O. The minimum absolute atomic E-state index is 0.206. The molecule has 0 radical (unpaired) electrons. The SMILES string of the molecule is CCc1ccc(C(NN)c2c(Br)cnn2CC)o1. The van der Waals surface area contributed by atoms with E-state index in [4.69, 9.17) is 10.3 Å². The fourth-order valence-electron chi connectivity index (χ4n) is 1.95. The van der Waals surface area contributed by atoms with E-state index in [9.17, 15) is 0 Å². The quantitative estimate of drug-likeness (QED) is 0.657. The summed E-state index contributed by atoms with van der Waals surface area (Å²) in [7, 11) is 0. The third kappa shape index (κ3) is 2.36. The highest BCUT2D eigenvalue weighted by Gasteiger charge is 2.23. The van der Waals surface area contributed by atoms with Gasteiger partial charge in [-0.15, -0.1) is 0 Å². The second-order valence-corrected chi connectivity index (χ2v) is 4.81. The van der Waals surface area contributed by atoms with Gasteiger partial charge in [-0.3, -0.25) is 10.5 Å². The molecule has 0 amide bonds. The summed E-state index contributed by atoms with van der Waals surface area (Å²) >= 11 is 3.50. The molecule has 18 heavy (non-hydrogen) atoms. The second kappa shape index (κ2) is 5.69. The molecule has 0 fully saturated rings. The van der Waals surface area contributed by atoms with Crippen LogP contribution in [0.2, 0.25) is 0 Å². The lowest BCUT2D eigenvalue weighted by molar-refractivity contribution is 0.410. The normalized spacial score (nSPS) is 12.9. The van der Waals surface area contributed by atoms with Gasteiger partial charge in [0.05, 0.1) is 16.4 Å². The predicted octanol–water partition coefficient (Wildman–Crippen LogP) is 2.37. The highest BCUT2D eigenvalue weighted by molar-refractivity contribution is 9.10. The Bertz CT molecular complexity index is 520. The molecule has 2 heterocycles. The van der Waals surface area contributed by atoms with Gasteiger partial charge in [-0.1, -0.05) is 6.92 Å². The van der Waals surface area contributed by atoms with Crippen molar-refractivity contribution in [2.75, 3.05) is 0 Å². The number of hydrogen-bond acceptors (Lipinski definition) is 4. The van der Waals surface area contributed by atoms with Crippen LogP contribution in [0.25, 0.3) is 0 Å². The lowest BCUT2D eigenvalue weighted by Gasteiger charge is -2.15. The molecule has 0 saturated carbocycles. The van der Waals surface area contributed by atoms with Crippen molar-refractivity contribution < 1.29 is 4.42 Å². The number of aromatic nitrogens is 2. The van der Waals surface area contributed by atoms with E-state index in [-0.39, 0.29) is 6.04 Å². The second-order valence-electron chi connectivity index (χ2n) is 3.95. The summed E-state index contributed by atoms with van der Waals surface area (Å²) in [6, 6.07) is 3.71. The van der Waals surface area contributed by atoms with E-state index in [2.05, 4.69) is 33.4 Å². The summed E-state index contributed by atoms with van der Waals surface area (Å²) in [6.07, 6.45) is 2.64. The zero-order valence-electron chi connectivity index (χ0n) is 10.5. The molecule has 0 spiro atoms. The topological polar surface area (TPSA) is 69.0 Å². The van der Waals surface area contributed by atoms with E-state index in [1.54, 1.807) is 6.20 Å². The van der Waals surface area contributed by atoms with Crippen LogP contribution in [0.4, 0.5) is 0 Å². The first-order chi connectivity index (χ1) is 8.71. The van der Waals surface area contributed by atoms with Crippen LogP contribution in [0.15, 0.2) is 27.2 Å². The molecule has 0 saturated heterocycles. The maximum atomic E-state index is 5.76. The number of rotatable bonds is 5. The Labute approximate surface area is 114 Å². The Morgan fingerprint density at radius 1 is 1.50 bits per heavy atom. The van der Waals surface area contributed by atoms with Crippen molar-refractivity contribution in [3.8, 4) is 0 Å². The summed E-state index contributed by atoms with van der Waals surface area (Å²) in [4.78, 5) is 0. The molecule has 0 aromatic carbocycles. The third-order valence-electron chi connectivity index (χ3n) is 2.89. The highest BCUT2D eigenvalue weighted by Crippen LogP contribution is 2.29. The van der Waals surface area contributed by atoms with Gasteiger partial charge in [0.1, 0.15) is 17.6 Å². The van der Waals surface area contributed by atoms with Crippen molar-refractivity contribution in [1.82, 2.24) is 15.2 Å². The lowest BCUT2D eigenvalue weighted by Crippen LogP contribution is -2.30. The molecule has 0 bridgehead atoms. The van der Waals surface area contributed by atoms with Crippen molar-refractivity contribution in [3.63, 3.8) is 0 Å². The first-order valence-electron chi connectivity index (χ1n) is 5.97. The largest absolute Gasteiger partial charge is 0.464 e. The summed E-state index contributed by atoms with van der Waals surface area (Å²) in [5, 5.41) is 4.29. The number of nitrogens with two attached hydrogens (primary N) is 1. The van der Waals surface area contributed by atoms with Gasteiger partial charge in [0.2, 0.25) is 0 Å². The van der Waals surface area contributed by atoms with Gasteiger partial charge >= 0.3 is 0 Å². The van der Waals surface area contributed by atoms with Crippen LogP contribution in [0.5, 0.6) is 0 Å². The number of halogens is 1. The van der Waals surface area contributed by atoms with Crippen LogP contribution >= 0.6 is 15.9 Å². The van der Waals surface area contributed by atoms with Gasteiger partial charge in [-0.05, 0) is 35.0 Å². The molecule has 1 unspecified atom stereocenters. The monoisotopic (exact) mass is 312 g/mol. The number of nitrogens with zero attached hydrogens (tertiary/aromatic N) is 2. The van der Waals surface area contributed by atoms with E-state index in [1.165, 1.54) is 0 Å². The number of hydrogen-bond donors (Lipinski definition) is 2. The third-order valence-corrected chi connectivity index (χ3v) is 3.50. The van der Waals surface area contributed by atoms with Gasteiger partial charge in [0.15, 0.2) is 0 Å². The van der Waals surface area contributed by atoms with E-state index in [0.29, 0.717) is 0 Å². The molecule has 3 N–H and O–H groups in total. The zero-order chi connectivity index (χ0) is 13.1. The van der Waals surface area contributed by atoms with E-state index < -0.39 is 0 Å². The molecule has 5 nitrogen and oxygen atoms in total. The van der Waals surface area contributed by atoms with Crippen molar-refractivity contribution in [2.45, 2.75) is 32.9 Å². The first kappa shape index (κ1) is 13.3. The van der Waals surface area contributed by atoms with Gasteiger partial charge in [0, 0.05) is 13.0 Å². The van der Waals surface area contributed by atoms with Crippen LogP contribution in [0, 0.1) is 0 Å². The number of hydrazine groups is 1. The Morgan fingerprint density at radius 2 is 2.28 bits per heavy atom. The van der Waals surface area contributed by atoms with Gasteiger partial charge in [-0.25, -0.2) is 5.43 Å². The maximum Gasteiger partial charge on any atom is 0.128 e. The first-order valence-corrected chi connectivity index (χ1v) is 6.76. The highest BCUT2D eigenvalue weighted by atomic mass is 79.9. The van der Waals surface area contributed by atoms with Gasteiger partial charge in [-0.2, -0.15) is 5.10 Å². The maximum absolute atomic E-state index is 5.76. The van der Waals surface area contributed by atoms with Gasteiger partial charge < -0.3 is 4.42 Å².